The van der Waals surface area contributed by atoms with E-state index < -0.39 is 0 Å². The molecule has 2 aromatic rings. The zero-order valence-corrected chi connectivity index (χ0v) is 15.2. The van der Waals surface area contributed by atoms with Gasteiger partial charge in [-0.25, -0.2) is 0 Å². The fourth-order valence-electron chi connectivity index (χ4n) is 3.49. The van der Waals surface area contributed by atoms with E-state index in [4.69, 9.17) is 4.74 Å². The molecule has 1 N–H and O–H groups in total. The molecular weight excluding hydrogens is 312 g/mol. The quantitative estimate of drug-likeness (QED) is 0.875. The van der Waals surface area contributed by atoms with Crippen molar-refractivity contribution in [3.63, 3.8) is 0 Å². The summed E-state index contributed by atoms with van der Waals surface area (Å²) in [6.07, 6.45) is 3.34. The van der Waals surface area contributed by atoms with Crippen LogP contribution < -0.4 is 15.0 Å². The van der Waals surface area contributed by atoms with Gasteiger partial charge in [0.25, 0.3) is 5.91 Å². The molecule has 0 bridgehead atoms. The van der Waals surface area contributed by atoms with E-state index in [0.29, 0.717) is 12.1 Å². The third-order valence-electron chi connectivity index (χ3n) is 5.22. The molecule has 4 heteroatoms. The van der Waals surface area contributed by atoms with Gasteiger partial charge in [0.05, 0.1) is 7.11 Å². The molecular formula is C21H26N2O2. The number of anilines is 1. The normalized spacial score (nSPS) is 15.2. The smallest absolute Gasteiger partial charge is 0.251 e. The number of nitrogens with zero attached hydrogens (tertiary/aromatic N) is 1. The third-order valence-corrected chi connectivity index (χ3v) is 5.22. The lowest BCUT2D eigenvalue weighted by Crippen LogP contribution is -2.45. The molecule has 0 spiro atoms. The molecule has 0 heterocycles. The molecule has 3 rings (SSSR count). The maximum atomic E-state index is 12.5. The molecule has 0 unspecified atom stereocenters. The number of hydrogen-bond donors (Lipinski definition) is 1. The number of carbonyl (C=O) groups is 1. The summed E-state index contributed by atoms with van der Waals surface area (Å²) in [4.78, 5) is 14.6. The lowest BCUT2D eigenvalue weighted by molar-refractivity contribution is 0.0927. The van der Waals surface area contributed by atoms with Crippen LogP contribution in [0.5, 0.6) is 5.75 Å². The van der Waals surface area contributed by atoms with Crippen molar-refractivity contribution in [2.24, 2.45) is 0 Å². The van der Waals surface area contributed by atoms with Gasteiger partial charge >= 0.3 is 0 Å². The zero-order valence-electron chi connectivity index (χ0n) is 15.2. The van der Waals surface area contributed by atoms with E-state index in [1.807, 2.05) is 61.5 Å². The van der Waals surface area contributed by atoms with Gasteiger partial charge in [0.2, 0.25) is 0 Å². The molecule has 25 heavy (non-hydrogen) atoms. The van der Waals surface area contributed by atoms with E-state index in [9.17, 15) is 4.79 Å². The Kier molecular flexibility index (Phi) is 4.98. The van der Waals surface area contributed by atoms with E-state index in [1.165, 1.54) is 12.0 Å². The summed E-state index contributed by atoms with van der Waals surface area (Å²) in [7, 11) is 5.68. The number of rotatable bonds is 6. The maximum absolute atomic E-state index is 12.5. The van der Waals surface area contributed by atoms with E-state index in [0.717, 1.165) is 24.3 Å². The van der Waals surface area contributed by atoms with Crippen molar-refractivity contribution in [1.29, 1.82) is 0 Å². The maximum Gasteiger partial charge on any atom is 0.251 e. The van der Waals surface area contributed by atoms with Gasteiger partial charge in [-0.2, -0.15) is 0 Å². The minimum atomic E-state index is -0.0218. The van der Waals surface area contributed by atoms with Crippen molar-refractivity contribution in [3.05, 3.63) is 59.7 Å². The van der Waals surface area contributed by atoms with Gasteiger partial charge in [0.15, 0.2) is 0 Å². The summed E-state index contributed by atoms with van der Waals surface area (Å²) in [6.45, 7) is 0.641. The Morgan fingerprint density at radius 2 is 1.80 bits per heavy atom. The van der Waals surface area contributed by atoms with Crippen LogP contribution in [0.4, 0.5) is 5.69 Å². The summed E-state index contributed by atoms with van der Waals surface area (Å²) < 4.78 is 5.54. The Morgan fingerprint density at radius 1 is 1.12 bits per heavy atom. The van der Waals surface area contributed by atoms with Gasteiger partial charge in [0.1, 0.15) is 5.75 Å². The van der Waals surface area contributed by atoms with Crippen LogP contribution in [0.1, 0.15) is 35.2 Å². The predicted molar refractivity (Wildman–Crippen MR) is 102 cm³/mol. The minimum Gasteiger partial charge on any atom is -0.496 e. The zero-order chi connectivity index (χ0) is 17.9. The standard InChI is InChI=1S/C21H26N2O2/c1-23(2)17-11-9-16(10-12-17)20(24)22-15-21(13-6-14-21)18-7-4-5-8-19(18)25-3/h4-5,7-12H,6,13-15H2,1-3H3,(H,22,24). The fourth-order valence-corrected chi connectivity index (χ4v) is 3.49. The molecule has 1 aliphatic carbocycles. The Labute approximate surface area is 149 Å². The topological polar surface area (TPSA) is 41.6 Å². The van der Waals surface area contributed by atoms with Crippen molar-refractivity contribution in [2.75, 3.05) is 32.6 Å². The second kappa shape index (κ2) is 7.18. The number of nitrogens with one attached hydrogen (secondary N) is 1. The first kappa shape index (κ1) is 17.3. The number of carbonyl (C=O) groups excluding carboxylic acids is 1. The molecule has 1 aliphatic rings. The van der Waals surface area contributed by atoms with Crippen LogP contribution in [0.25, 0.3) is 0 Å². The lowest BCUT2D eigenvalue weighted by Gasteiger charge is -2.43. The number of ether oxygens (including phenoxy) is 1. The number of hydrogen-bond acceptors (Lipinski definition) is 3. The summed E-state index contributed by atoms with van der Waals surface area (Å²) in [5.74, 6) is 0.887. The van der Waals surface area contributed by atoms with Crippen molar-refractivity contribution < 1.29 is 9.53 Å². The first-order valence-corrected chi connectivity index (χ1v) is 8.75. The highest BCUT2D eigenvalue weighted by atomic mass is 16.5. The largest absolute Gasteiger partial charge is 0.496 e. The van der Waals surface area contributed by atoms with Gasteiger partial charge < -0.3 is 15.0 Å². The van der Waals surface area contributed by atoms with Gasteiger partial charge in [-0.1, -0.05) is 24.6 Å². The fraction of sp³-hybridized carbons (Fsp3) is 0.381. The number of para-hydroxylation sites is 1. The molecule has 1 fully saturated rings. The molecule has 0 saturated heterocycles. The molecule has 0 radical (unpaired) electrons. The number of amides is 1. The van der Waals surface area contributed by atoms with Crippen LogP contribution in [0, 0.1) is 0 Å². The van der Waals surface area contributed by atoms with Gasteiger partial charge in [0, 0.05) is 42.9 Å². The minimum absolute atomic E-state index is 0.00809. The molecule has 1 saturated carbocycles. The first-order chi connectivity index (χ1) is 12.1. The highest BCUT2D eigenvalue weighted by Gasteiger charge is 2.40. The average molecular weight is 338 g/mol. The second-order valence-corrected chi connectivity index (χ2v) is 6.96. The van der Waals surface area contributed by atoms with Gasteiger partial charge in [-0.15, -0.1) is 0 Å². The third kappa shape index (κ3) is 3.48. The van der Waals surface area contributed by atoms with Crippen LogP contribution in [0.3, 0.4) is 0 Å². The van der Waals surface area contributed by atoms with Gasteiger partial charge in [-0.05, 0) is 43.2 Å². The summed E-state index contributed by atoms with van der Waals surface area (Å²) in [5.41, 5.74) is 2.97. The highest BCUT2D eigenvalue weighted by Crippen LogP contribution is 2.46. The van der Waals surface area contributed by atoms with Crippen molar-refractivity contribution in [2.45, 2.75) is 24.7 Å². The number of benzene rings is 2. The molecule has 4 nitrogen and oxygen atoms in total. The van der Waals surface area contributed by atoms with Crippen LogP contribution in [0.15, 0.2) is 48.5 Å². The Balaban J connectivity index is 1.71. The van der Waals surface area contributed by atoms with Crippen LogP contribution in [0.2, 0.25) is 0 Å². The Morgan fingerprint density at radius 3 is 2.36 bits per heavy atom. The van der Waals surface area contributed by atoms with Crippen LogP contribution in [-0.2, 0) is 5.41 Å². The highest BCUT2D eigenvalue weighted by molar-refractivity contribution is 5.94. The Bertz CT molecular complexity index is 734. The summed E-state index contributed by atoms with van der Waals surface area (Å²) in [5, 5.41) is 3.13. The van der Waals surface area contributed by atoms with Crippen molar-refractivity contribution in [1.82, 2.24) is 5.32 Å². The van der Waals surface area contributed by atoms with Crippen LogP contribution in [-0.4, -0.2) is 33.7 Å². The molecule has 0 aliphatic heterocycles. The average Bonchev–Trinajstić information content (AvgIpc) is 2.61. The summed E-state index contributed by atoms with van der Waals surface area (Å²) in [6, 6.07) is 15.8. The van der Waals surface area contributed by atoms with E-state index in [-0.39, 0.29) is 11.3 Å². The second-order valence-electron chi connectivity index (χ2n) is 6.96. The van der Waals surface area contributed by atoms with Crippen molar-refractivity contribution >= 4 is 11.6 Å². The molecule has 132 valence electrons. The SMILES string of the molecule is COc1ccccc1C1(CNC(=O)c2ccc(N(C)C)cc2)CCC1. The molecule has 0 atom stereocenters. The van der Waals surface area contributed by atoms with Gasteiger partial charge in [-0.3, -0.25) is 4.79 Å². The molecule has 1 amide bonds. The molecule has 2 aromatic carbocycles. The number of methoxy groups -OCH3 is 1. The lowest BCUT2D eigenvalue weighted by atomic mass is 9.64. The summed E-state index contributed by atoms with van der Waals surface area (Å²) >= 11 is 0. The van der Waals surface area contributed by atoms with Crippen molar-refractivity contribution in [3.8, 4) is 5.75 Å². The molecule has 0 aromatic heterocycles. The predicted octanol–water partition coefficient (Wildman–Crippen LogP) is 3.61. The monoisotopic (exact) mass is 338 g/mol. The van der Waals surface area contributed by atoms with Crippen LogP contribution >= 0.6 is 0 Å². The first-order valence-electron chi connectivity index (χ1n) is 8.75. The van der Waals surface area contributed by atoms with E-state index >= 15 is 0 Å². The Hall–Kier alpha value is -2.49. The van der Waals surface area contributed by atoms with E-state index in [1.54, 1.807) is 7.11 Å². The van der Waals surface area contributed by atoms with E-state index in [2.05, 4.69) is 11.4 Å².